The van der Waals surface area contributed by atoms with E-state index in [4.69, 9.17) is 0 Å². The minimum absolute atomic E-state index is 0. The number of anilines is 1. The number of likely N-dealkylation sites (tertiary alicyclic amines) is 1. The number of carbonyl (C=O) groups is 2. The van der Waals surface area contributed by atoms with Gasteiger partial charge in [0.1, 0.15) is 5.75 Å². The van der Waals surface area contributed by atoms with Crippen LogP contribution in [0.4, 0.5) is 5.69 Å². The molecule has 1 aliphatic carbocycles. The van der Waals surface area contributed by atoms with Gasteiger partial charge >= 0.3 is 0 Å². The van der Waals surface area contributed by atoms with Crippen LogP contribution in [0.15, 0.2) is 47.4 Å². The van der Waals surface area contributed by atoms with Gasteiger partial charge < -0.3 is 15.3 Å². The Kier molecular flexibility index (Phi) is 9.39. The van der Waals surface area contributed by atoms with E-state index in [1.54, 1.807) is 24.1 Å². The normalized spacial score (nSPS) is 21.1. The Bertz CT molecular complexity index is 1270. The van der Waals surface area contributed by atoms with Gasteiger partial charge in [0.25, 0.3) is 0 Å². The molecule has 37 heavy (non-hydrogen) atoms. The summed E-state index contributed by atoms with van der Waals surface area (Å²) < 4.78 is 24.6. The molecule has 5 rings (SSSR count). The minimum Gasteiger partial charge on any atom is -0.392 e. The summed E-state index contributed by atoms with van der Waals surface area (Å²) in [4.78, 5) is 29.3. The number of β-amino-alcohol motifs (C(OH)–C–C–N with tert-alkyl or cyclic N) is 1. The lowest BCUT2D eigenvalue weighted by Crippen LogP contribution is -2.39. The molecule has 2 heterocycles. The Morgan fingerprint density at radius 3 is 2.59 bits per heavy atom. The van der Waals surface area contributed by atoms with E-state index < -0.39 is 21.5 Å². The van der Waals surface area contributed by atoms with Crippen molar-refractivity contribution in [3.05, 3.63) is 59.2 Å². The van der Waals surface area contributed by atoms with E-state index in [0.717, 1.165) is 18.5 Å². The molecule has 2 atom stereocenters. The number of likely N-dealkylation sites (N-methyl/N-ethyl adjacent to an activating group) is 1. The van der Waals surface area contributed by atoms with Gasteiger partial charge in [-0.2, -0.15) is 27.0 Å². The molecule has 1 saturated carbocycles. The molecule has 2 amide bonds. The van der Waals surface area contributed by atoms with Crippen molar-refractivity contribution < 1.29 is 23.1 Å². The van der Waals surface area contributed by atoms with Crippen molar-refractivity contribution in [2.75, 3.05) is 37.8 Å². The van der Waals surface area contributed by atoms with Gasteiger partial charge in [-0.05, 0) is 54.0 Å². The molecular weight excluding hydrogens is 531 g/mol. The quantitative estimate of drug-likeness (QED) is 0.534. The highest BCUT2D eigenvalue weighted by Crippen LogP contribution is 2.41. The van der Waals surface area contributed by atoms with Gasteiger partial charge in [0, 0.05) is 26.7 Å². The maximum Gasteiger partial charge on any atom is 0.239 e. The first-order chi connectivity index (χ1) is 16.7. The van der Waals surface area contributed by atoms with Crippen molar-refractivity contribution in [3.8, 4) is 0 Å². The van der Waals surface area contributed by atoms with Crippen LogP contribution in [-0.2, 0) is 25.8 Å². The molecule has 0 unspecified atom stereocenters. The lowest BCUT2D eigenvalue weighted by atomic mass is 9.99. The highest BCUT2D eigenvalue weighted by atomic mass is 32.2. The first kappa shape index (κ1) is 29.5. The molecule has 2 N–H and O–H groups in total. The molecule has 0 bridgehead atoms. The molecule has 0 aromatic heterocycles. The number of aliphatic hydroxyl groups is 1. The van der Waals surface area contributed by atoms with Crippen molar-refractivity contribution >= 4 is 54.3 Å². The topological polar surface area (TPSA) is 107 Å². The fraction of sp³-hybridized carbons (Fsp3) is 0.462. The average molecular weight is 566 g/mol. The van der Waals surface area contributed by atoms with Gasteiger partial charge in [-0.3, -0.25) is 14.5 Å². The fourth-order valence-electron chi connectivity index (χ4n) is 5.08. The number of nitrogens with zero attached hydrogens (tertiary/aromatic N) is 2. The van der Waals surface area contributed by atoms with E-state index in [0.29, 0.717) is 24.6 Å². The van der Waals surface area contributed by atoms with E-state index in [2.05, 4.69) is 34.5 Å². The van der Waals surface area contributed by atoms with E-state index >= 15 is 0 Å². The highest BCUT2D eigenvalue weighted by Gasteiger charge is 2.31. The van der Waals surface area contributed by atoms with Gasteiger partial charge in [-0.25, -0.2) is 8.42 Å². The maximum atomic E-state index is 13.4. The summed E-state index contributed by atoms with van der Waals surface area (Å²) in [5.74, 6) is -0.626. The number of rotatable bonds is 7. The van der Waals surface area contributed by atoms with Gasteiger partial charge in [-0.1, -0.05) is 30.3 Å². The number of fused-ring (bicyclic) bond motifs is 1. The third-order valence-corrected chi connectivity index (χ3v) is 8.88. The van der Waals surface area contributed by atoms with Crippen molar-refractivity contribution in [1.29, 1.82) is 0 Å². The molecule has 2 fully saturated rings. The molecule has 3 aliphatic rings. The first-order valence-corrected chi connectivity index (χ1v) is 13.8. The Morgan fingerprint density at radius 2 is 1.92 bits per heavy atom. The standard InChI is InChI=1S/C26H31N3O5S.2H2S/c1-28(26(32)12-17-5-8-24-22(11-17)27-25(31)16-35(24,33)34)23(15-29-10-9-21(30)14-29)20-4-2-3-19(13-20)18-6-7-18;;/h2-5,8,11,13,18,21,23,30H,6-7,9-10,12,14-16H2,1H3,(H,27,31);2*1H2/t21-,23+;;/m0../s1. The van der Waals surface area contributed by atoms with Gasteiger partial charge in [0.05, 0.1) is 29.1 Å². The predicted molar refractivity (Wildman–Crippen MR) is 153 cm³/mol. The zero-order chi connectivity index (χ0) is 24.7. The summed E-state index contributed by atoms with van der Waals surface area (Å²) in [6.45, 7) is 2.02. The smallest absolute Gasteiger partial charge is 0.239 e. The second-order valence-electron chi connectivity index (χ2n) is 9.98. The van der Waals surface area contributed by atoms with Crippen LogP contribution in [0, 0.1) is 0 Å². The Balaban J connectivity index is 0.00000190. The third kappa shape index (κ3) is 6.69. The molecule has 11 heteroatoms. The van der Waals surface area contributed by atoms with Crippen molar-refractivity contribution in [2.24, 2.45) is 0 Å². The zero-order valence-electron chi connectivity index (χ0n) is 20.8. The lowest BCUT2D eigenvalue weighted by Gasteiger charge is -2.32. The Hall–Kier alpha value is -2.05. The second-order valence-corrected chi connectivity index (χ2v) is 11.9. The van der Waals surface area contributed by atoms with Crippen LogP contribution in [0.5, 0.6) is 0 Å². The molecule has 202 valence electrons. The summed E-state index contributed by atoms with van der Waals surface area (Å²) in [7, 11) is -1.86. The van der Waals surface area contributed by atoms with Crippen LogP contribution in [0.2, 0.25) is 0 Å². The van der Waals surface area contributed by atoms with Crippen molar-refractivity contribution in [3.63, 3.8) is 0 Å². The number of hydrogen-bond donors (Lipinski definition) is 2. The fourth-order valence-corrected chi connectivity index (χ4v) is 6.37. The molecule has 0 spiro atoms. The molecule has 2 aromatic carbocycles. The molecule has 2 aromatic rings. The summed E-state index contributed by atoms with van der Waals surface area (Å²) in [6.07, 6.45) is 2.88. The van der Waals surface area contributed by atoms with E-state index in [1.165, 1.54) is 24.5 Å². The lowest BCUT2D eigenvalue weighted by molar-refractivity contribution is -0.131. The van der Waals surface area contributed by atoms with Gasteiger partial charge in [0.15, 0.2) is 9.84 Å². The molecular formula is C26H35N3O5S3. The van der Waals surface area contributed by atoms with Crippen LogP contribution < -0.4 is 5.32 Å². The van der Waals surface area contributed by atoms with Crippen LogP contribution in [0.25, 0.3) is 0 Å². The summed E-state index contributed by atoms with van der Waals surface area (Å²) in [6, 6.07) is 13.0. The summed E-state index contributed by atoms with van der Waals surface area (Å²) >= 11 is 0. The number of carbonyl (C=O) groups excluding carboxylic acids is 2. The average Bonchev–Trinajstić information content (AvgIpc) is 3.58. The van der Waals surface area contributed by atoms with E-state index in [9.17, 15) is 23.1 Å². The minimum atomic E-state index is -3.66. The first-order valence-electron chi connectivity index (χ1n) is 12.1. The second kappa shape index (κ2) is 11.8. The van der Waals surface area contributed by atoms with Crippen LogP contribution in [0.3, 0.4) is 0 Å². The molecule has 1 saturated heterocycles. The largest absolute Gasteiger partial charge is 0.392 e. The van der Waals surface area contributed by atoms with E-state index in [-0.39, 0.29) is 62.0 Å². The number of amides is 2. The Labute approximate surface area is 232 Å². The summed E-state index contributed by atoms with van der Waals surface area (Å²) in [5.41, 5.74) is 3.26. The van der Waals surface area contributed by atoms with Crippen LogP contribution >= 0.6 is 27.0 Å². The molecule has 0 radical (unpaired) electrons. The van der Waals surface area contributed by atoms with Gasteiger partial charge in [0.2, 0.25) is 11.8 Å². The van der Waals surface area contributed by atoms with Gasteiger partial charge in [-0.15, -0.1) is 0 Å². The number of aliphatic hydroxyl groups excluding tert-OH is 1. The van der Waals surface area contributed by atoms with E-state index in [1.807, 2.05) is 0 Å². The SMILES string of the molecule is CN(C(=O)Cc1ccc2c(c1)NC(=O)CS2(=O)=O)[C@H](CN1CC[C@H](O)C1)c1cccc(C2CC2)c1.S.S. The van der Waals surface area contributed by atoms with Crippen molar-refractivity contribution in [2.45, 2.75) is 48.6 Å². The number of nitrogens with one attached hydrogen (secondary N) is 1. The monoisotopic (exact) mass is 565 g/mol. The zero-order valence-corrected chi connectivity index (χ0v) is 23.6. The maximum absolute atomic E-state index is 13.4. The molecule has 2 aliphatic heterocycles. The van der Waals surface area contributed by atoms with Crippen LogP contribution in [0.1, 0.15) is 47.9 Å². The number of hydrogen-bond acceptors (Lipinski definition) is 6. The summed E-state index contributed by atoms with van der Waals surface area (Å²) in [5, 5.41) is 12.6. The number of benzene rings is 2. The number of sulfone groups is 1. The molecule has 8 nitrogen and oxygen atoms in total. The highest BCUT2D eigenvalue weighted by molar-refractivity contribution is 7.92. The van der Waals surface area contributed by atoms with Crippen LogP contribution in [-0.4, -0.2) is 73.7 Å². The third-order valence-electron chi connectivity index (χ3n) is 7.21. The predicted octanol–water partition coefficient (Wildman–Crippen LogP) is 2.32. The van der Waals surface area contributed by atoms with Crippen molar-refractivity contribution in [1.82, 2.24) is 9.80 Å². The Morgan fingerprint density at radius 1 is 1.16 bits per heavy atom.